The number of thiophene rings is 1. The molecular weight excluding hydrogens is 463 g/mol. The number of anilines is 1. The molecular formula is C21H18Cl2N2O3S2. The van der Waals surface area contributed by atoms with Gasteiger partial charge in [0.2, 0.25) is 0 Å². The van der Waals surface area contributed by atoms with E-state index in [1.807, 2.05) is 6.92 Å². The van der Waals surface area contributed by atoms with Crippen molar-refractivity contribution in [3.63, 3.8) is 0 Å². The van der Waals surface area contributed by atoms with Crippen molar-refractivity contribution in [2.75, 3.05) is 11.9 Å². The molecule has 2 N–H and O–H groups in total. The van der Waals surface area contributed by atoms with Crippen LogP contribution in [0.2, 0.25) is 10.0 Å². The van der Waals surface area contributed by atoms with Gasteiger partial charge < -0.3 is 10.1 Å². The Hall–Kier alpha value is -2.19. The van der Waals surface area contributed by atoms with Gasteiger partial charge >= 0.3 is 5.97 Å². The summed E-state index contributed by atoms with van der Waals surface area (Å²) in [6.07, 6.45) is 1.79. The molecule has 0 atom stereocenters. The molecule has 5 nitrogen and oxygen atoms in total. The fourth-order valence-corrected chi connectivity index (χ4v) is 4.49. The number of ether oxygens (including phenoxy) is 1. The minimum absolute atomic E-state index is 0.116. The van der Waals surface area contributed by atoms with Crippen molar-refractivity contribution < 1.29 is 14.3 Å². The van der Waals surface area contributed by atoms with Crippen molar-refractivity contribution in [1.82, 2.24) is 5.32 Å². The summed E-state index contributed by atoms with van der Waals surface area (Å²) in [5.41, 5.74) is 1.07. The van der Waals surface area contributed by atoms with E-state index < -0.39 is 5.91 Å². The number of amides is 1. The normalized spacial score (nSPS) is 10.6. The number of carbonyl (C=O) groups excluding carboxylic acids is 2. The number of thiocarbonyl (C=S) groups is 1. The smallest absolute Gasteiger partial charge is 0.338 e. The third-order valence-electron chi connectivity index (χ3n) is 4.13. The number of halogens is 2. The lowest BCUT2D eigenvalue weighted by molar-refractivity contribution is 0.0499. The first kappa shape index (κ1) is 22.5. The van der Waals surface area contributed by atoms with Crippen molar-refractivity contribution in [2.24, 2.45) is 0 Å². The Kier molecular flexibility index (Phi) is 7.66. The molecule has 0 unspecified atom stereocenters. The van der Waals surface area contributed by atoms with E-state index in [4.69, 9.17) is 40.2 Å². The predicted octanol–water partition coefficient (Wildman–Crippen LogP) is 6.29. The topological polar surface area (TPSA) is 67.4 Å². The number of benzene rings is 2. The summed E-state index contributed by atoms with van der Waals surface area (Å²) in [5.74, 6) is -0.781. The monoisotopic (exact) mass is 480 g/mol. The number of esters is 1. The lowest BCUT2D eigenvalue weighted by Crippen LogP contribution is -2.33. The Morgan fingerprint density at radius 1 is 1.13 bits per heavy atom. The Morgan fingerprint density at radius 3 is 2.57 bits per heavy atom. The van der Waals surface area contributed by atoms with E-state index in [-0.39, 0.29) is 11.1 Å². The standard InChI is InChI=1S/C21H18Cl2N2O3S2/c1-2-3-10-28-20(27)12-4-7-14(8-5-12)24-21(29)25-19(26)18-17(23)15-9-6-13(22)11-16(15)30-18/h4-9,11H,2-3,10H2,1H3,(H2,24,25,26,29). The minimum Gasteiger partial charge on any atom is -0.462 e. The van der Waals surface area contributed by atoms with Gasteiger partial charge in [0.05, 0.1) is 17.2 Å². The minimum atomic E-state index is -0.411. The van der Waals surface area contributed by atoms with E-state index in [2.05, 4.69) is 10.6 Å². The Bertz CT molecular complexity index is 1100. The third-order valence-corrected chi connectivity index (χ3v) is 6.23. The van der Waals surface area contributed by atoms with E-state index in [0.717, 1.165) is 22.9 Å². The molecule has 0 bridgehead atoms. The van der Waals surface area contributed by atoms with Gasteiger partial charge in [-0.1, -0.05) is 42.6 Å². The molecule has 3 rings (SSSR count). The molecule has 0 saturated carbocycles. The van der Waals surface area contributed by atoms with Gasteiger partial charge in [0, 0.05) is 20.8 Å². The average Bonchev–Trinajstić information content (AvgIpc) is 3.04. The van der Waals surface area contributed by atoms with E-state index in [9.17, 15) is 9.59 Å². The number of carbonyl (C=O) groups is 2. The highest BCUT2D eigenvalue weighted by atomic mass is 35.5. The zero-order valence-electron chi connectivity index (χ0n) is 16.0. The molecule has 0 aliphatic rings. The molecule has 9 heteroatoms. The van der Waals surface area contributed by atoms with E-state index in [1.165, 1.54) is 11.3 Å². The first-order valence-corrected chi connectivity index (χ1v) is 11.1. The third kappa shape index (κ3) is 5.49. The maximum atomic E-state index is 12.6. The number of unbranched alkanes of at least 4 members (excludes halogenated alkanes) is 1. The van der Waals surface area contributed by atoms with Gasteiger partial charge in [-0.05, 0) is 55.0 Å². The van der Waals surface area contributed by atoms with Crippen LogP contribution in [0.5, 0.6) is 0 Å². The van der Waals surface area contributed by atoms with Gasteiger partial charge in [-0.3, -0.25) is 10.1 Å². The molecule has 0 radical (unpaired) electrons. The largest absolute Gasteiger partial charge is 0.462 e. The van der Waals surface area contributed by atoms with Crippen LogP contribution >= 0.6 is 46.8 Å². The second-order valence-electron chi connectivity index (χ2n) is 6.36. The van der Waals surface area contributed by atoms with Crippen LogP contribution in [0.25, 0.3) is 10.1 Å². The van der Waals surface area contributed by atoms with Crippen molar-refractivity contribution in [1.29, 1.82) is 0 Å². The SMILES string of the molecule is CCCCOC(=O)c1ccc(NC(=S)NC(=O)c2sc3cc(Cl)ccc3c2Cl)cc1. The quantitative estimate of drug-likeness (QED) is 0.246. The number of hydrogen-bond donors (Lipinski definition) is 2. The molecule has 156 valence electrons. The van der Waals surface area contributed by atoms with E-state index >= 15 is 0 Å². The molecule has 3 aromatic rings. The van der Waals surface area contributed by atoms with Crippen LogP contribution < -0.4 is 10.6 Å². The van der Waals surface area contributed by atoms with Crippen LogP contribution in [0, 0.1) is 0 Å². The summed E-state index contributed by atoms with van der Waals surface area (Å²) < 4.78 is 5.99. The summed E-state index contributed by atoms with van der Waals surface area (Å²) >= 11 is 18.8. The fraction of sp³-hybridized carbons (Fsp3) is 0.190. The Balaban J connectivity index is 1.61. The van der Waals surface area contributed by atoms with Gasteiger partial charge in [-0.25, -0.2) is 4.79 Å². The van der Waals surface area contributed by atoms with Gasteiger partial charge in [-0.2, -0.15) is 0 Å². The lowest BCUT2D eigenvalue weighted by atomic mass is 10.2. The van der Waals surface area contributed by atoms with Crippen LogP contribution in [0.4, 0.5) is 5.69 Å². The maximum absolute atomic E-state index is 12.6. The summed E-state index contributed by atoms with van der Waals surface area (Å²) in [6, 6.07) is 11.9. The molecule has 0 fully saturated rings. The Labute approximate surface area is 193 Å². The van der Waals surface area contributed by atoms with Crippen molar-refractivity contribution in [3.05, 3.63) is 63.0 Å². The summed E-state index contributed by atoms with van der Waals surface area (Å²) in [6.45, 7) is 2.43. The highest BCUT2D eigenvalue weighted by Crippen LogP contribution is 2.36. The first-order chi connectivity index (χ1) is 14.4. The highest BCUT2D eigenvalue weighted by Gasteiger charge is 2.18. The van der Waals surface area contributed by atoms with E-state index in [1.54, 1.807) is 42.5 Å². The lowest BCUT2D eigenvalue weighted by Gasteiger charge is -2.10. The Morgan fingerprint density at radius 2 is 1.87 bits per heavy atom. The molecule has 0 saturated heterocycles. The zero-order valence-corrected chi connectivity index (χ0v) is 19.1. The summed E-state index contributed by atoms with van der Waals surface area (Å²) in [4.78, 5) is 24.9. The molecule has 2 aromatic carbocycles. The zero-order chi connectivity index (χ0) is 21.7. The van der Waals surface area contributed by atoms with Gasteiger partial charge in [0.15, 0.2) is 5.11 Å². The number of fused-ring (bicyclic) bond motifs is 1. The summed E-state index contributed by atoms with van der Waals surface area (Å²) in [5, 5.41) is 7.33. The molecule has 0 aliphatic heterocycles. The highest BCUT2D eigenvalue weighted by molar-refractivity contribution is 7.80. The van der Waals surface area contributed by atoms with Crippen molar-refractivity contribution >= 4 is 79.5 Å². The van der Waals surface area contributed by atoms with Crippen molar-refractivity contribution in [3.8, 4) is 0 Å². The van der Waals surface area contributed by atoms with Crippen molar-refractivity contribution in [2.45, 2.75) is 19.8 Å². The number of nitrogens with one attached hydrogen (secondary N) is 2. The van der Waals surface area contributed by atoms with Gasteiger partial charge in [0.25, 0.3) is 5.91 Å². The first-order valence-electron chi connectivity index (χ1n) is 9.16. The molecule has 0 spiro atoms. The van der Waals surface area contributed by atoms with Gasteiger partial charge in [0.1, 0.15) is 4.88 Å². The number of hydrogen-bond acceptors (Lipinski definition) is 5. The summed E-state index contributed by atoms with van der Waals surface area (Å²) in [7, 11) is 0. The second kappa shape index (κ2) is 10.2. The van der Waals surface area contributed by atoms with Gasteiger partial charge in [-0.15, -0.1) is 11.3 Å². The van der Waals surface area contributed by atoms with E-state index in [0.29, 0.717) is 32.8 Å². The van der Waals surface area contributed by atoms with Crippen LogP contribution in [-0.2, 0) is 4.74 Å². The molecule has 1 amide bonds. The molecule has 0 aliphatic carbocycles. The molecule has 1 aromatic heterocycles. The van der Waals surface area contributed by atoms with Crippen LogP contribution in [0.1, 0.15) is 39.8 Å². The average molecular weight is 481 g/mol. The predicted molar refractivity (Wildman–Crippen MR) is 127 cm³/mol. The maximum Gasteiger partial charge on any atom is 0.338 e. The van der Waals surface area contributed by atoms with Crippen LogP contribution in [0.3, 0.4) is 0 Å². The second-order valence-corrected chi connectivity index (χ2v) is 8.64. The molecule has 30 heavy (non-hydrogen) atoms. The van der Waals surface area contributed by atoms with Crippen LogP contribution in [0.15, 0.2) is 42.5 Å². The number of rotatable bonds is 6. The van der Waals surface area contributed by atoms with Crippen LogP contribution in [-0.4, -0.2) is 23.6 Å². The molecule has 1 heterocycles. The fourth-order valence-electron chi connectivity index (χ4n) is 2.59.